The maximum atomic E-state index is 13.3. The molecule has 1 atom stereocenters. The summed E-state index contributed by atoms with van der Waals surface area (Å²) >= 11 is 6.35. The minimum Gasteiger partial charge on any atom is -0.496 e. The second-order valence-electron chi connectivity index (χ2n) is 7.62. The number of fused-ring (bicyclic) bond motifs is 1. The van der Waals surface area contributed by atoms with Gasteiger partial charge in [-0.3, -0.25) is 14.8 Å². The Labute approximate surface area is 185 Å². The number of hydrogen-bond donors (Lipinski definition) is 1. The number of aryl methyl sites for hydroxylation is 1. The molecule has 1 unspecified atom stereocenters. The first-order chi connectivity index (χ1) is 14.9. The van der Waals surface area contributed by atoms with Crippen molar-refractivity contribution in [1.29, 1.82) is 0 Å². The van der Waals surface area contributed by atoms with E-state index in [9.17, 15) is 4.79 Å². The highest BCUT2D eigenvalue weighted by atomic mass is 35.5. The van der Waals surface area contributed by atoms with Crippen LogP contribution in [0.25, 0.3) is 0 Å². The van der Waals surface area contributed by atoms with Gasteiger partial charge in [0.25, 0.3) is 0 Å². The molecule has 31 heavy (non-hydrogen) atoms. The Morgan fingerprint density at radius 2 is 2.10 bits per heavy atom. The lowest BCUT2D eigenvalue weighted by Crippen LogP contribution is -2.41. The van der Waals surface area contributed by atoms with Crippen LogP contribution in [0.4, 0.5) is 11.8 Å². The number of nitrogens with two attached hydrogens (primary N) is 1. The van der Waals surface area contributed by atoms with Crippen molar-refractivity contribution in [2.75, 3.05) is 24.3 Å². The van der Waals surface area contributed by atoms with E-state index in [0.29, 0.717) is 30.9 Å². The zero-order chi connectivity index (χ0) is 22.1. The molecule has 0 spiro atoms. The summed E-state index contributed by atoms with van der Waals surface area (Å²) in [7, 11) is 1.64. The van der Waals surface area contributed by atoms with Gasteiger partial charge in [-0.15, -0.1) is 0 Å². The van der Waals surface area contributed by atoms with Gasteiger partial charge < -0.3 is 15.4 Å². The third kappa shape index (κ3) is 4.03. The van der Waals surface area contributed by atoms with E-state index < -0.39 is 0 Å². The van der Waals surface area contributed by atoms with Crippen LogP contribution in [-0.4, -0.2) is 39.4 Å². The number of carbonyl (C=O) groups excluding carboxylic acids is 1. The molecule has 1 aliphatic rings. The fourth-order valence-corrected chi connectivity index (χ4v) is 4.29. The van der Waals surface area contributed by atoms with Gasteiger partial charge in [0.15, 0.2) is 5.78 Å². The fraction of sp³-hybridized carbons (Fsp3) is 0.318. The van der Waals surface area contributed by atoms with Crippen molar-refractivity contribution < 1.29 is 9.53 Å². The monoisotopic (exact) mass is 438 g/mol. The molecule has 8 nitrogen and oxygen atoms in total. The van der Waals surface area contributed by atoms with Gasteiger partial charge in [-0.05, 0) is 31.9 Å². The van der Waals surface area contributed by atoms with Crippen molar-refractivity contribution in [2.45, 2.75) is 26.8 Å². The average Bonchev–Trinajstić information content (AvgIpc) is 2.74. The van der Waals surface area contributed by atoms with Crippen LogP contribution < -0.4 is 15.4 Å². The van der Waals surface area contributed by atoms with Crippen molar-refractivity contribution in [1.82, 2.24) is 19.9 Å². The van der Waals surface area contributed by atoms with Gasteiger partial charge in [-0.2, -0.15) is 4.98 Å². The quantitative estimate of drug-likeness (QED) is 0.605. The highest BCUT2D eigenvalue weighted by molar-refractivity contribution is 6.34. The molecule has 0 bridgehead atoms. The van der Waals surface area contributed by atoms with Crippen LogP contribution in [0.2, 0.25) is 5.15 Å². The molecule has 4 rings (SSSR count). The third-order valence-corrected chi connectivity index (χ3v) is 5.79. The van der Waals surface area contributed by atoms with Crippen LogP contribution in [0.5, 0.6) is 5.75 Å². The number of aromatic nitrogens is 4. The first kappa shape index (κ1) is 21.0. The first-order valence-corrected chi connectivity index (χ1v) is 10.3. The van der Waals surface area contributed by atoms with E-state index >= 15 is 0 Å². The minimum absolute atomic E-state index is 0.0263. The van der Waals surface area contributed by atoms with Gasteiger partial charge in [-0.25, -0.2) is 4.98 Å². The summed E-state index contributed by atoms with van der Waals surface area (Å²) in [6.07, 6.45) is 5.80. The van der Waals surface area contributed by atoms with Crippen LogP contribution >= 0.6 is 11.6 Å². The number of anilines is 2. The topological polar surface area (TPSA) is 107 Å². The molecular formula is C22H23ClN6O2. The lowest BCUT2D eigenvalue weighted by Gasteiger charge is -2.34. The molecule has 0 aliphatic carbocycles. The highest BCUT2D eigenvalue weighted by Gasteiger charge is 2.36. The molecular weight excluding hydrogens is 416 g/mol. The smallest absolute Gasteiger partial charge is 0.223 e. The molecule has 0 amide bonds. The lowest BCUT2D eigenvalue weighted by atomic mass is 9.88. The molecule has 9 heteroatoms. The van der Waals surface area contributed by atoms with Crippen molar-refractivity contribution in [2.24, 2.45) is 5.92 Å². The Morgan fingerprint density at radius 3 is 2.81 bits per heavy atom. The SMILES string of the molecule is COc1c(C)cnc(CN2CC(Cc3cccnc3)C(=O)c3c(Cl)nc(N)nc32)c1C. The number of Topliss-reactive ketones (excluding diaryl/α,β-unsaturated/α-hetero) is 1. The number of rotatable bonds is 5. The number of carbonyl (C=O) groups is 1. The summed E-state index contributed by atoms with van der Waals surface area (Å²) in [6, 6.07) is 3.81. The van der Waals surface area contributed by atoms with Crippen LogP contribution in [0.1, 0.15) is 32.7 Å². The molecule has 0 fully saturated rings. The van der Waals surface area contributed by atoms with E-state index in [2.05, 4.69) is 19.9 Å². The molecule has 1 aliphatic heterocycles. The summed E-state index contributed by atoms with van der Waals surface area (Å²) in [5.41, 5.74) is 9.86. The summed E-state index contributed by atoms with van der Waals surface area (Å²) in [6.45, 7) is 4.80. The van der Waals surface area contributed by atoms with Gasteiger partial charge in [0.2, 0.25) is 5.95 Å². The van der Waals surface area contributed by atoms with Gasteiger partial charge in [0, 0.05) is 42.2 Å². The Kier molecular flexibility index (Phi) is 5.73. The Morgan fingerprint density at radius 1 is 1.29 bits per heavy atom. The van der Waals surface area contributed by atoms with E-state index in [1.54, 1.807) is 25.7 Å². The van der Waals surface area contributed by atoms with Gasteiger partial charge in [-0.1, -0.05) is 17.7 Å². The van der Waals surface area contributed by atoms with Gasteiger partial charge in [0.1, 0.15) is 16.7 Å². The number of methoxy groups -OCH3 is 1. The number of halogens is 1. The highest BCUT2D eigenvalue weighted by Crippen LogP contribution is 2.35. The first-order valence-electron chi connectivity index (χ1n) is 9.89. The Hall–Kier alpha value is -3.26. The largest absolute Gasteiger partial charge is 0.496 e. The number of pyridine rings is 2. The van der Waals surface area contributed by atoms with Crippen molar-refractivity contribution in [3.05, 3.63) is 63.8 Å². The number of nitrogen functional groups attached to an aromatic ring is 1. The molecule has 0 radical (unpaired) electrons. The lowest BCUT2D eigenvalue weighted by molar-refractivity contribution is 0.0913. The number of nitrogens with zero attached hydrogens (tertiary/aromatic N) is 5. The maximum absolute atomic E-state index is 13.3. The van der Waals surface area contributed by atoms with Crippen molar-refractivity contribution in [3.63, 3.8) is 0 Å². The zero-order valence-corrected chi connectivity index (χ0v) is 18.3. The second-order valence-corrected chi connectivity index (χ2v) is 7.98. The van der Waals surface area contributed by atoms with E-state index in [-0.39, 0.29) is 22.8 Å². The van der Waals surface area contributed by atoms with E-state index in [1.165, 1.54) is 0 Å². The fourth-order valence-electron chi connectivity index (χ4n) is 4.03. The van der Waals surface area contributed by atoms with Crippen LogP contribution in [0, 0.1) is 19.8 Å². The van der Waals surface area contributed by atoms with Crippen LogP contribution in [0.15, 0.2) is 30.7 Å². The summed E-state index contributed by atoms with van der Waals surface area (Å²) in [5, 5.41) is 0.0690. The predicted molar refractivity (Wildman–Crippen MR) is 119 cm³/mol. The van der Waals surface area contributed by atoms with Crippen LogP contribution in [-0.2, 0) is 13.0 Å². The molecule has 0 aromatic carbocycles. The maximum Gasteiger partial charge on any atom is 0.223 e. The minimum atomic E-state index is -0.325. The standard InChI is InChI=1S/C22H23ClN6O2/c1-12-8-26-16(13(2)19(12)31-3)11-29-10-15(7-14-5-4-6-25-9-14)18(30)17-20(23)27-22(24)28-21(17)29/h4-6,8-9,15H,7,10-11H2,1-3H3,(H2,24,27,28). The summed E-state index contributed by atoms with van der Waals surface area (Å²) < 4.78 is 5.54. The molecule has 4 heterocycles. The number of ketones is 1. The number of ether oxygens (including phenoxy) is 1. The zero-order valence-electron chi connectivity index (χ0n) is 17.6. The van der Waals surface area contributed by atoms with Crippen molar-refractivity contribution >= 4 is 29.2 Å². The van der Waals surface area contributed by atoms with Crippen LogP contribution in [0.3, 0.4) is 0 Å². The predicted octanol–water partition coefficient (Wildman–Crippen LogP) is 3.19. The molecule has 0 saturated heterocycles. The van der Waals surface area contributed by atoms with Crippen molar-refractivity contribution in [3.8, 4) is 5.75 Å². The molecule has 3 aromatic rings. The summed E-state index contributed by atoms with van der Waals surface area (Å²) in [4.78, 5) is 32.4. The Balaban J connectivity index is 1.74. The third-order valence-electron chi connectivity index (χ3n) is 5.52. The second kappa shape index (κ2) is 8.47. The van der Waals surface area contributed by atoms with Gasteiger partial charge in [0.05, 0.1) is 24.9 Å². The molecule has 0 saturated carbocycles. The average molecular weight is 439 g/mol. The summed E-state index contributed by atoms with van der Waals surface area (Å²) in [5.74, 6) is 0.843. The van der Waals surface area contributed by atoms with E-state index in [1.807, 2.05) is 30.9 Å². The molecule has 3 aromatic heterocycles. The number of hydrogen-bond acceptors (Lipinski definition) is 8. The van der Waals surface area contributed by atoms with Gasteiger partial charge >= 0.3 is 0 Å². The van der Waals surface area contributed by atoms with E-state index in [0.717, 1.165) is 28.1 Å². The Bertz CT molecular complexity index is 1140. The molecule has 160 valence electrons. The molecule has 2 N–H and O–H groups in total. The van der Waals surface area contributed by atoms with E-state index in [4.69, 9.17) is 22.1 Å². The normalized spacial score (nSPS) is 15.7.